The summed E-state index contributed by atoms with van der Waals surface area (Å²) in [5.74, 6) is -0.367. The predicted octanol–water partition coefficient (Wildman–Crippen LogP) is 6.01. The molecule has 0 bridgehead atoms. The standard InChI is InChI=1S/C24H30INO3/c1-16(27)29-25-21-11-9-8-10-20(21)22(28)26(25)15-17-12-18(23(2,3)4)14-19(13-17)24(5,6)7/h8-14H,15H2,1-7H3. The van der Waals surface area contributed by atoms with Gasteiger partial charge in [-0.3, -0.25) is 0 Å². The van der Waals surface area contributed by atoms with Crippen LogP contribution >= 0.6 is 20.5 Å². The summed E-state index contributed by atoms with van der Waals surface area (Å²) >= 11 is -2.57. The molecule has 0 unspecified atom stereocenters. The van der Waals surface area contributed by atoms with E-state index in [1.54, 1.807) is 0 Å². The first-order chi connectivity index (χ1) is 13.4. The summed E-state index contributed by atoms with van der Waals surface area (Å²) in [6, 6.07) is 14.2. The van der Waals surface area contributed by atoms with Crippen molar-refractivity contribution < 1.29 is 12.7 Å². The number of rotatable bonds is 3. The van der Waals surface area contributed by atoms with Crippen molar-refractivity contribution in [1.82, 2.24) is 3.11 Å². The third-order valence-electron chi connectivity index (χ3n) is 4.91. The molecular weight excluding hydrogens is 477 g/mol. The third-order valence-corrected chi connectivity index (χ3v) is 9.72. The second kappa shape index (κ2) is 7.74. The van der Waals surface area contributed by atoms with E-state index in [1.165, 1.54) is 18.1 Å². The Labute approximate surface area is 181 Å². The monoisotopic (exact) mass is 507 g/mol. The zero-order valence-electron chi connectivity index (χ0n) is 18.3. The predicted molar refractivity (Wildman–Crippen MR) is 125 cm³/mol. The fraction of sp³-hybridized carbons (Fsp3) is 0.417. The molecule has 0 fully saturated rings. The van der Waals surface area contributed by atoms with Gasteiger partial charge in [0.15, 0.2) is 0 Å². The number of benzene rings is 2. The molecule has 0 spiro atoms. The zero-order chi connectivity index (χ0) is 21.6. The average molecular weight is 507 g/mol. The summed E-state index contributed by atoms with van der Waals surface area (Å²) in [4.78, 5) is 24.9. The maximum absolute atomic E-state index is 13.1. The Bertz CT molecular complexity index is 921. The second-order valence-electron chi connectivity index (χ2n) is 9.52. The first-order valence-corrected chi connectivity index (χ1v) is 12.8. The van der Waals surface area contributed by atoms with E-state index in [0.29, 0.717) is 12.1 Å². The molecule has 0 saturated carbocycles. The number of nitrogens with zero attached hydrogens (tertiary/aromatic N) is 1. The first-order valence-electron chi connectivity index (χ1n) is 9.83. The van der Waals surface area contributed by atoms with E-state index in [2.05, 4.69) is 59.7 Å². The number of fused-ring (bicyclic) bond motifs is 1. The molecule has 0 saturated heterocycles. The van der Waals surface area contributed by atoms with Crippen molar-refractivity contribution in [3.63, 3.8) is 0 Å². The number of carbonyl (C=O) groups is 2. The normalized spacial score (nSPS) is 15.5. The molecule has 29 heavy (non-hydrogen) atoms. The topological polar surface area (TPSA) is 46.6 Å². The summed E-state index contributed by atoms with van der Waals surface area (Å²) in [6.45, 7) is 15.1. The SMILES string of the molecule is CC(=O)OI1c2ccccc2C(=O)N1Cc1cc(C(C)(C)C)cc(C(C)(C)C)c1. The van der Waals surface area contributed by atoms with E-state index < -0.39 is 20.5 Å². The van der Waals surface area contributed by atoms with Crippen LogP contribution in [-0.2, 0) is 25.2 Å². The Balaban J connectivity index is 2.04. The number of hydrogen-bond donors (Lipinski definition) is 0. The quantitative estimate of drug-likeness (QED) is 0.378. The maximum atomic E-state index is 13.1. The molecular formula is C24H30INO3. The van der Waals surface area contributed by atoms with Gasteiger partial charge in [-0.05, 0) is 0 Å². The van der Waals surface area contributed by atoms with Gasteiger partial charge in [0.2, 0.25) is 0 Å². The molecule has 2 aromatic carbocycles. The number of hydrogen-bond acceptors (Lipinski definition) is 3. The first kappa shape index (κ1) is 21.8. The Kier molecular flexibility index (Phi) is 5.82. The molecule has 1 aliphatic heterocycles. The molecule has 1 amide bonds. The van der Waals surface area contributed by atoms with Gasteiger partial charge >= 0.3 is 182 Å². The van der Waals surface area contributed by atoms with Crippen molar-refractivity contribution >= 4 is 32.4 Å². The van der Waals surface area contributed by atoms with Gasteiger partial charge in [0, 0.05) is 0 Å². The van der Waals surface area contributed by atoms with Crippen molar-refractivity contribution in [3.05, 3.63) is 68.3 Å². The summed E-state index contributed by atoms with van der Waals surface area (Å²) in [5.41, 5.74) is 4.25. The molecule has 1 aliphatic rings. The Morgan fingerprint density at radius 2 is 1.52 bits per heavy atom. The van der Waals surface area contributed by atoms with Crippen molar-refractivity contribution in [3.8, 4) is 0 Å². The Hall–Kier alpha value is -1.89. The molecule has 5 heteroatoms. The van der Waals surface area contributed by atoms with E-state index in [4.69, 9.17) is 3.07 Å². The van der Waals surface area contributed by atoms with E-state index >= 15 is 0 Å². The Morgan fingerprint density at radius 1 is 0.966 bits per heavy atom. The van der Waals surface area contributed by atoms with Crippen LogP contribution in [0, 0.1) is 3.57 Å². The van der Waals surface area contributed by atoms with Gasteiger partial charge < -0.3 is 0 Å². The van der Waals surface area contributed by atoms with E-state index in [1.807, 2.05) is 27.4 Å². The Morgan fingerprint density at radius 3 is 2.03 bits per heavy atom. The number of amides is 1. The molecule has 0 aliphatic carbocycles. The fourth-order valence-electron chi connectivity index (χ4n) is 3.21. The van der Waals surface area contributed by atoms with Crippen LogP contribution in [0.2, 0.25) is 0 Å². The summed E-state index contributed by atoms with van der Waals surface area (Å²) in [6.07, 6.45) is 0. The molecule has 0 radical (unpaired) electrons. The van der Waals surface area contributed by atoms with Gasteiger partial charge in [0.05, 0.1) is 0 Å². The van der Waals surface area contributed by atoms with Gasteiger partial charge in [0.1, 0.15) is 0 Å². The molecule has 1 heterocycles. The summed E-state index contributed by atoms with van der Waals surface area (Å²) in [7, 11) is 0. The van der Waals surface area contributed by atoms with Gasteiger partial charge in [0.25, 0.3) is 0 Å². The average Bonchev–Trinajstić information content (AvgIpc) is 2.86. The number of carbonyl (C=O) groups excluding carboxylic acids is 2. The minimum absolute atomic E-state index is 0.00215. The van der Waals surface area contributed by atoms with Crippen LogP contribution in [0.1, 0.15) is 75.5 Å². The molecule has 3 rings (SSSR count). The summed E-state index contributed by atoms with van der Waals surface area (Å²) in [5, 5.41) is 0. The van der Waals surface area contributed by atoms with Gasteiger partial charge in [-0.25, -0.2) is 0 Å². The van der Waals surface area contributed by atoms with Crippen LogP contribution in [0.5, 0.6) is 0 Å². The van der Waals surface area contributed by atoms with Crippen LogP contribution in [0.3, 0.4) is 0 Å². The van der Waals surface area contributed by atoms with Gasteiger partial charge in [-0.15, -0.1) is 0 Å². The van der Waals surface area contributed by atoms with Crippen LogP contribution in [0.4, 0.5) is 0 Å². The van der Waals surface area contributed by atoms with E-state index in [9.17, 15) is 9.59 Å². The van der Waals surface area contributed by atoms with Crippen molar-refractivity contribution in [2.75, 3.05) is 0 Å². The summed E-state index contributed by atoms with van der Waals surface area (Å²) < 4.78 is 8.42. The van der Waals surface area contributed by atoms with Gasteiger partial charge in [-0.1, -0.05) is 0 Å². The zero-order valence-corrected chi connectivity index (χ0v) is 20.5. The van der Waals surface area contributed by atoms with Gasteiger partial charge in [-0.2, -0.15) is 0 Å². The number of halogens is 1. The van der Waals surface area contributed by atoms with Crippen molar-refractivity contribution in [1.29, 1.82) is 0 Å². The van der Waals surface area contributed by atoms with Crippen molar-refractivity contribution in [2.45, 2.75) is 65.8 Å². The van der Waals surface area contributed by atoms with E-state index in [-0.39, 0.29) is 22.7 Å². The molecule has 0 N–H and O–H groups in total. The molecule has 0 aromatic heterocycles. The molecule has 4 nitrogen and oxygen atoms in total. The van der Waals surface area contributed by atoms with Crippen LogP contribution in [-0.4, -0.2) is 15.0 Å². The molecule has 0 atom stereocenters. The second-order valence-corrected chi connectivity index (χ2v) is 13.6. The minimum atomic E-state index is -2.57. The van der Waals surface area contributed by atoms with Crippen molar-refractivity contribution in [2.24, 2.45) is 0 Å². The molecule has 156 valence electrons. The third kappa shape index (κ3) is 4.65. The van der Waals surface area contributed by atoms with Crippen LogP contribution in [0.25, 0.3) is 0 Å². The van der Waals surface area contributed by atoms with E-state index in [0.717, 1.165) is 9.13 Å². The van der Waals surface area contributed by atoms with Crippen LogP contribution in [0.15, 0.2) is 42.5 Å². The molecule has 2 aromatic rings. The fourth-order valence-corrected chi connectivity index (χ4v) is 7.68. The van der Waals surface area contributed by atoms with Crippen LogP contribution < -0.4 is 0 Å².